The van der Waals surface area contributed by atoms with Crippen molar-refractivity contribution in [3.05, 3.63) is 18.0 Å². The van der Waals surface area contributed by atoms with Gasteiger partial charge < -0.3 is 15.2 Å². The largest absolute Gasteiger partial charge is 0.550 e. The van der Waals surface area contributed by atoms with Gasteiger partial charge in [-0.05, 0) is 38.0 Å². The van der Waals surface area contributed by atoms with E-state index < -0.39 is 17.8 Å². The Hall–Kier alpha value is -1.85. The number of hydrogen-bond acceptors (Lipinski definition) is 4. The summed E-state index contributed by atoms with van der Waals surface area (Å²) in [5.41, 5.74) is 0.929. The van der Waals surface area contributed by atoms with Gasteiger partial charge in [0.15, 0.2) is 0 Å². The van der Waals surface area contributed by atoms with Gasteiger partial charge in [-0.15, -0.1) is 0 Å². The minimum absolute atomic E-state index is 0.124. The van der Waals surface area contributed by atoms with Crippen LogP contribution in [0.15, 0.2) is 12.4 Å². The Balaban J connectivity index is 1.63. The summed E-state index contributed by atoms with van der Waals surface area (Å²) < 4.78 is 1.79. The summed E-state index contributed by atoms with van der Waals surface area (Å²) in [6, 6.07) is 0. The summed E-state index contributed by atoms with van der Waals surface area (Å²) in [5, 5.41) is 18.3. The van der Waals surface area contributed by atoms with Gasteiger partial charge in [0, 0.05) is 42.7 Å². The summed E-state index contributed by atoms with van der Waals surface area (Å²) in [7, 11) is 0. The Kier molecular flexibility index (Phi) is 3.69. The van der Waals surface area contributed by atoms with E-state index >= 15 is 0 Å². The Morgan fingerprint density at radius 1 is 1.38 bits per heavy atom. The maximum absolute atomic E-state index is 12.4. The van der Waals surface area contributed by atoms with Crippen molar-refractivity contribution in [2.24, 2.45) is 23.7 Å². The van der Waals surface area contributed by atoms with E-state index in [1.54, 1.807) is 10.9 Å². The average molecular weight is 290 g/mol. The highest BCUT2D eigenvalue weighted by Gasteiger charge is 2.51. The smallest absolute Gasteiger partial charge is 0.224 e. The number of carbonyl (C=O) groups is 2. The van der Waals surface area contributed by atoms with Gasteiger partial charge >= 0.3 is 0 Å². The lowest BCUT2D eigenvalue weighted by Crippen LogP contribution is -2.45. The normalized spacial score (nSPS) is 30.5. The lowest BCUT2D eigenvalue weighted by Gasteiger charge is -2.30. The highest BCUT2D eigenvalue weighted by atomic mass is 16.4. The number of carboxylic acid groups (broad SMARTS) is 1. The van der Waals surface area contributed by atoms with Crippen LogP contribution in [-0.2, 0) is 22.7 Å². The number of hydrogen-bond donors (Lipinski definition) is 1. The molecule has 0 saturated heterocycles. The van der Waals surface area contributed by atoms with Crippen LogP contribution < -0.4 is 10.4 Å². The van der Waals surface area contributed by atoms with Crippen molar-refractivity contribution < 1.29 is 14.7 Å². The minimum atomic E-state index is -1.07. The van der Waals surface area contributed by atoms with E-state index in [1.165, 1.54) is 0 Å². The zero-order valence-electron chi connectivity index (χ0n) is 12.1. The highest BCUT2D eigenvalue weighted by molar-refractivity contribution is 5.85. The summed E-state index contributed by atoms with van der Waals surface area (Å²) >= 11 is 0. The maximum Gasteiger partial charge on any atom is 0.224 e. The summed E-state index contributed by atoms with van der Waals surface area (Å²) in [6.45, 7) is 3.18. The molecule has 3 rings (SSSR count). The number of nitrogens with zero attached hydrogens (tertiary/aromatic N) is 2. The number of carboxylic acids is 1. The lowest BCUT2D eigenvalue weighted by molar-refractivity contribution is -0.314. The van der Waals surface area contributed by atoms with Gasteiger partial charge in [0.1, 0.15) is 0 Å². The molecule has 2 bridgehead atoms. The zero-order chi connectivity index (χ0) is 15.0. The molecule has 114 valence electrons. The van der Waals surface area contributed by atoms with Crippen molar-refractivity contribution in [1.82, 2.24) is 15.1 Å². The van der Waals surface area contributed by atoms with Crippen LogP contribution in [0.4, 0.5) is 0 Å². The second kappa shape index (κ2) is 5.50. The second-order valence-electron chi connectivity index (χ2n) is 6.13. The van der Waals surface area contributed by atoms with Gasteiger partial charge in [-0.25, -0.2) is 0 Å². The van der Waals surface area contributed by atoms with E-state index in [0.717, 1.165) is 31.4 Å². The van der Waals surface area contributed by atoms with Crippen molar-refractivity contribution in [3.8, 4) is 0 Å². The molecule has 1 heterocycles. The van der Waals surface area contributed by atoms with E-state index in [-0.39, 0.29) is 17.7 Å². The van der Waals surface area contributed by atoms with Crippen LogP contribution >= 0.6 is 0 Å². The predicted octanol–water partition coefficient (Wildman–Crippen LogP) is -0.0686. The Labute approximate surface area is 123 Å². The van der Waals surface area contributed by atoms with Crippen molar-refractivity contribution in [2.75, 3.05) is 0 Å². The molecule has 2 aliphatic rings. The molecule has 1 aromatic heterocycles. The molecule has 1 amide bonds. The Morgan fingerprint density at radius 3 is 2.71 bits per heavy atom. The van der Waals surface area contributed by atoms with Gasteiger partial charge in [-0.2, -0.15) is 5.10 Å². The van der Waals surface area contributed by atoms with E-state index in [9.17, 15) is 14.7 Å². The number of aryl methyl sites for hydroxylation is 1. The number of nitrogens with one attached hydrogen (secondary N) is 1. The van der Waals surface area contributed by atoms with Gasteiger partial charge in [-0.3, -0.25) is 9.48 Å². The molecule has 0 aliphatic heterocycles. The van der Waals surface area contributed by atoms with Gasteiger partial charge in [0.25, 0.3) is 0 Å². The molecule has 2 aliphatic carbocycles. The third-order valence-corrected chi connectivity index (χ3v) is 4.97. The average Bonchev–Trinajstić information content (AvgIpc) is 3.18. The molecule has 4 atom stereocenters. The van der Waals surface area contributed by atoms with E-state index in [0.29, 0.717) is 6.54 Å². The first kappa shape index (κ1) is 14.1. The molecule has 2 saturated carbocycles. The topological polar surface area (TPSA) is 87.0 Å². The molecule has 6 nitrogen and oxygen atoms in total. The molecule has 1 N–H and O–H groups in total. The molecule has 2 fully saturated rings. The molecule has 0 spiro atoms. The quantitative estimate of drug-likeness (QED) is 0.822. The third-order valence-electron chi connectivity index (χ3n) is 4.97. The molecule has 1 aromatic rings. The van der Waals surface area contributed by atoms with Gasteiger partial charge in [0.2, 0.25) is 5.91 Å². The van der Waals surface area contributed by atoms with Crippen LogP contribution in [0.25, 0.3) is 0 Å². The third kappa shape index (κ3) is 2.54. The molecule has 6 heteroatoms. The molecule has 0 unspecified atom stereocenters. The first-order valence-electron chi connectivity index (χ1n) is 7.60. The SMILES string of the molecule is CCn1cc(CNC(=O)[C@H]2[C@H]3CC[C@@H](C3)[C@@H]2C(=O)[O-])cn1. The molecule has 0 radical (unpaired) electrons. The van der Waals surface area contributed by atoms with Crippen LogP contribution in [0.2, 0.25) is 0 Å². The highest BCUT2D eigenvalue weighted by Crippen LogP contribution is 2.52. The Bertz CT molecular complexity index is 554. The van der Waals surface area contributed by atoms with Crippen LogP contribution in [-0.4, -0.2) is 21.7 Å². The molecular formula is C15H20N3O3-. The number of amides is 1. The van der Waals surface area contributed by atoms with Crippen LogP contribution in [0.3, 0.4) is 0 Å². The van der Waals surface area contributed by atoms with Crippen molar-refractivity contribution in [1.29, 1.82) is 0 Å². The Morgan fingerprint density at radius 2 is 2.10 bits per heavy atom. The van der Waals surface area contributed by atoms with E-state index in [4.69, 9.17) is 0 Å². The first-order chi connectivity index (χ1) is 10.1. The lowest BCUT2D eigenvalue weighted by atomic mass is 9.78. The van der Waals surface area contributed by atoms with Crippen molar-refractivity contribution >= 4 is 11.9 Å². The number of rotatable bonds is 5. The fourth-order valence-corrected chi connectivity index (χ4v) is 3.99. The molecule has 21 heavy (non-hydrogen) atoms. The summed E-state index contributed by atoms with van der Waals surface area (Å²) in [6.07, 6.45) is 6.33. The number of aromatic nitrogens is 2. The number of aliphatic carboxylic acids is 1. The van der Waals surface area contributed by atoms with Gasteiger partial charge in [0.05, 0.1) is 6.20 Å². The first-order valence-corrected chi connectivity index (χ1v) is 7.60. The van der Waals surface area contributed by atoms with Crippen molar-refractivity contribution in [2.45, 2.75) is 39.3 Å². The maximum atomic E-state index is 12.4. The van der Waals surface area contributed by atoms with Crippen molar-refractivity contribution in [3.63, 3.8) is 0 Å². The summed E-state index contributed by atoms with van der Waals surface area (Å²) in [5.74, 6) is -1.92. The number of carbonyl (C=O) groups excluding carboxylic acids is 2. The standard InChI is InChI=1S/C15H21N3O3/c1-2-18-8-9(7-17-18)6-16-14(19)12-10-3-4-11(5-10)13(12)15(20)21/h7-8,10-13H,2-6H2,1H3,(H,16,19)(H,20,21)/p-1/t10-,11-,12-,13-/m0/s1. The molecular weight excluding hydrogens is 270 g/mol. The monoisotopic (exact) mass is 290 g/mol. The fourth-order valence-electron chi connectivity index (χ4n) is 3.99. The summed E-state index contributed by atoms with van der Waals surface area (Å²) in [4.78, 5) is 23.7. The van der Waals surface area contributed by atoms with Gasteiger partial charge in [-0.1, -0.05) is 0 Å². The van der Waals surface area contributed by atoms with E-state index in [1.807, 2.05) is 13.1 Å². The predicted molar refractivity (Wildman–Crippen MR) is 72.6 cm³/mol. The van der Waals surface area contributed by atoms with Crippen LogP contribution in [0.1, 0.15) is 31.7 Å². The molecule has 0 aromatic carbocycles. The van der Waals surface area contributed by atoms with Crippen LogP contribution in [0, 0.1) is 23.7 Å². The second-order valence-corrected chi connectivity index (χ2v) is 6.13. The fraction of sp³-hybridized carbons (Fsp3) is 0.667. The minimum Gasteiger partial charge on any atom is -0.550 e. The number of fused-ring (bicyclic) bond motifs is 2. The zero-order valence-corrected chi connectivity index (χ0v) is 12.1. The van der Waals surface area contributed by atoms with E-state index in [2.05, 4.69) is 10.4 Å². The van der Waals surface area contributed by atoms with Crippen LogP contribution in [0.5, 0.6) is 0 Å².